The van der Waals surface area contributed by atoms with Gasteiger partial charge < -0.3 is 5.32 Å². The van der Waals surface area contributed by atoms with Crippen molar-refractivity contribution in [3.05, 3.63) is 51.8 Å². The summed E-state index contributed by atoms with van der Waals surface area (Å²) in [6.07, 6.45) is 1.95. The van der Waals surface area contributed by atoms with Gasteiger partial charge in [0.15, 0.2) is 0 Å². The second-order valence-electron chi connectivity index (χ2n) is 4.78. The SMILES string of the molecule is CC(C)NCc1ccn(Cc2cc(Cl)ccc2Cl)n1. The molecule has 1 aromatic heterocycles. The minimum absolute atomic E-state index is 0.451. The topological polar surface area (TPSA) is 29.9 Å². The molecule has 0 unspecified atom stereocenters. The Morgan fingerprint density at radius 2 is 2.05 bits per heavy atom. The zero-order valence-electron chi connectivity index (χ0n) is 11.0. The minimum Gasteiger partial charge on any atom is -0.309 e. The molecule has 1 heterocycles. The molecule has 0 amide bonds. The van der Waals surface area contributed by atoms with Gasteiger partial charge in [-0.05, 0) is 29.8 Å². The van der Waals surface area contributed by atoms with Gasteiger partial charge in [-0.25, -0.2) is 0 Å². The molecule has 0 spiro atoms. The van der Waals surface area contributed by atoms with Crippen LogP contribution in [0.2, 0.25) is 10.0 Å². The maximum absolute atomic E-state index is 6.14. The Morgan fingerprint density at radius 3 is 2.79 bits per heavy atom. The van der Waals surface area contributed by atoms with Crippen molar-refractivity contribution in [2.45, 2.75) is 33.0 Å². The van der Waals surface area contributed by atoms with E-state index in [1.165, 1.54) is 0 Å². The lowest BCUT2D eigenvalue weighted by atomic mass is 10.2. The Morgan fingerprint density at radius 1 is 1.26 bits per heavy atom. The largest absolute Gasteiger partial charge is 0.309 e. The molecule has 102 valence electrons. The summed E-state index contributed by atoms with van der Waals surface area (Å²) in [5, 5.41) is 9.24. The van der Waals surface area contributed by atoms with Crippen molar-refractivity contribution < 1.29 is 0 Å². The lowest BCUT2D eigenvalue weighted by Crippen LogP contribution is -2.22. The average molecular weight is 298 g/mol. The van der Waals surface area contributed by atoms with E-state index in [1.54, 1.807) is 6.07 Å². The Labute approximate surface area is 123 Å². The van der Waals surface area contributed by atoms with Crippen molar-refractivity contribution in [2.75, 3.05) is 0 Å². The third kappa shape index (κ3) is 4.23. The molecule has 0 aliphatic heterocycles. The van der Waals surface area contributed by atoms with Gasteiger partial charge in [-0.1, -0.05) is 37.0 Å². The van der Waals surface area contributed by atoms with Crippen LogP contribution in [0, 0.1) is 0 Å². The van der Waals surface area contributed by atoms with Crippen LogP contribution in [0.3, 0.4) is 0 Å². The van der Waals surface area contributed by atoms with Gasteiger partial charge in [-0.3, -0.25) is 4.68 Å². The number of halogens is 2. The van der Waals surface area contributed by atoms with Crippen molar-refractivity contribution in [3.8, 4) is 0 Å². The fraction of sp³-hybridized carbons (Fsp3) is 0.357. The van der Waals surface area contributed by atoms with Crippen LogP contribution in [0.5, 0.6) is 0 Å². The highest BCUT2D eigenvalue weighted by atomic mass is 35.5. The van der Waals surface area contributed by atoms with Gasteiger partial charge in [-0.2, -0.15) is 5.10 Å². The highest BCUT2D eigenvalue weighted by molar-refractivity contribution is 6.33. The van der Waals surface area contributed by atoms with Crippen LogP contribution in [-0.2, 0) is 13.1 Å². The number of aromatic nitrogens is 2. The summed E-state index contributed by atoms with van der Waals surface area (Å²) in [6, 6.07) is 7.93. The molecule has 19 heavy (non-hydrogen) atoms. The molecule has 2 aromatic rings. The van der Waals surface area contributed by atoms with Crippen LogP contribution < -0.4 is 5.32 Å². The highest BCUT2D eigenvalue weighted by Gasteiger charge is 2.05. The molecule has 3 nitrogen and oxygen atoms in total. The van der Waals surface area contributed by atoms with E-state index >= 15 is 0 Å². The van der Waals surface area contributed by atoms with Gasteiger partial charge in [0.25, 0.3) is 0 Å². The van der Waals surface area contributed by atoms with Gasteiger partial charge in [0, 0.05) is 28.8 Å². The summed E-state index contributed by atoms with van der Waals surface area (Å²) in [4.78, 5) is 0. The molecule has 0 aliphatic rings. The van der Waals surface area contributed by atoms with Crippen LogP contribution in [0.25, 0.3) is 0 Å². The normalized spacial score (nSPS) is 11.2. The van der Waals surface area contributed by atoms with E-state index in [0.717, 1.165) is 17.8 Å². The minimum atomic E-state index is 0.451. The Kier molecular flexibility index (Phi) is 4.86. The monoisotopic (exact) mass is 297 g/mol. The van der Waals surface area contributed by atoms with Crippen LogP contribution in [0.15, 0.2) is 30.5 Å². The molecule has 5 heteroatoms. The first-order valence-corrected chi connectivity index (χ1v) is 7.00. The maximum Gasteiger partial charge on any atom is 0.0762 e. The predicted octanol–water partition coefficient (Wildman–Crippen LogP) is 3.74. The van der Waals surface area contributed by atoms with Crippen molar-refractivity contribution >= 4 is 23.2 Å². The number of hydrogen-bond donors (Lipinski definition) is 1. The number of nitrogens with zero attached hydrogens (tertiary/aromatic N) is 2. The summed E-state index contributed by atoms with van der Waals surface area (Å²) in [6.45, 7) is 5.63. The molecule has 0 saturated heterocycles. The van der Waals surface area contributed by atoms with Gasteiger partial charge in [0.05, 0.1) is 12.2 Å². The standard InChI is InChI=1S/C14H17Cl2N3/c1-10(2)17-8-13-5-6-19(18-13)9-11-7-12(15)3-4-14(11)16/h3-7,10,17H,8-9H2,1-2H3. The molecule has 0 radical (unpaired) electrons. The van der Waals surface area contributed by atoms with Crippen LogP contribution >= 0.6 is 23.2 Å². The van der Waals surface area contributed by atoms with E-state index in [0.29, 0.717) is 22.6 Å². The van der Waals surface area contributed by atoms with Gasteiger partial charge in [-0.15, -0.1) is 0 Å². The zero-order chi connectivity index (χ0) is 13.8. The second-order valence-corrected chi connectivity index (χ2v) is 5.62. The van der Waals surface area contributed by atoms with Gasteiger partial charge in [0.2, 0.25) is 0 Å². The molecule has 0 saturated carbocycles. The smallest absolute Gasteiger partial charge is 0.0762 e. The molecular formula is C14H17Cl2N3. The molecule has 2 rings (SSSR count). The van der Waals surface area contributed by atoms with Crippen LogP contribution in [-0.4, -0.2) is 15.8 Å². The molecule has 0 aliphatic carbocycles. The number of nitrogens with one attached hydrogen (secondary N) is 1. The quantitative estimate of drug-likeness (QED) is 0.911. The van der Waals surface area contributed by atoms with E-state index in [1.807, 2.05) is 29.1 Å². The number of hydrogen-bond acceptors (Lipinski definition) is 2. The lowest BCUT2D eigenvalue weighted by Gasteiger charge is -2.06. The van der Waals surface area contributed by atoms with Crippen LogP contribution in [0.1, 0.15) is 25.1 Å². The fourth-order valence-corrected chi connectivity index (χ4v) is 2.11. The van der Waals surface area contributed by atoms with Gasteiger partial charge in [0.1, 0.15) is 0 Å². The molecule has 1 aromatic carbocycles. The number of rotatable bonds is 5. The lowest BCUT2D eigenvalue weighted by molar-refractivity contribution is 0.570. The van der Waals surface area contributed by atoms with Crippen molar-refractivity contribution in [1.29, 1.82) is 0 Å². The zero-order valence-corrected chi connectivity index (χ0v) is 12.5. The van der Waals surface area contributed by atoms with Gasteiger partial charge >= 0.3 is 0 Å². The van der Waals surface area contributed by atoms with Crippen LogP contribution in [0.4, 0.5) is 0 Å². The van der Waals surface area contributed by atoms with Crippen molar-refractivity contribution in [3.63, 3.8) is 0 Å². The molecule has 0 fully saturated rings. The van der Waals surface area contributed by atoms with E-state index < -0.39 is 0 Å². The van der Waals surface area contributed by atoms with E-state index in [-0.39, 0.29) is 0 Å². The summed E-state index contributed by atoms with van der Waals surface area (Å²) in [7, 11) is 0. The predicted molar refractivity (Wildman–Crippen MR) is 79.8 cm³/mol. The third-order valence-corrected chi connectivity index (χ3v) is 3.33. The third-order valence-electron chi connectivity index (χ3n) is 2.73. The van der Waals surface area contributed by atoms with E-state index in [9.17, 15) is 0 Å². The Balaban J connectivity index is 2.05. The second kappa shape index (κ2) is 6.42. The van der Waals surface area contributed by atoms with E-state index in [2.05, 4.69) is 24.3 Å². The maximum atomic E-state index is 6.14. The molecule has 1 N–H and O–H groups in total. The Bertz CT molecular complexity index is 549. The average Bonchev–Trinajstić information content (AvgIpc) is 2.79. The summed E-state index contributed by atoms with van der Waals surface area (Å²) < 4.78 is 1.87. The summed E-state index contributed by atoms with van der Waals surface area (Å²) in [5.41, 5.74) is 1.99. The molecule has 0 bridgehead atoms. The summed E-state index contributed by atoms with van der Waals surface area (Å²) in [5.74, 6) is 0. The van der Waals surface area contributed by atoms with E-state index in [4.69, 9.17) is 23.2 Å². The number of benzene rings is 1. The highest BCUT2D eigenvalue weighted by Crippen LogP contribution is 2.21. The first-order valence-electron chi connectivity index (χ1n) is 6.24. The summed E-state index contributed by atoms with van der Waals surface area (Å²) >= 11 is 12.1. The Hall–Kier alpha value is -1.03. The first-order chi connectivity index (χ1) is 9.04. The molecular weight excluding hydrogens is 281 g/mol. The van der Waals surface area contributed by atoms with Crippen molar-refractivity contribution in [1.82, 2.24) is 15.1 Å². The fourth-order valence-electron chi connectivity index (χ4n) is 1.73. The molecule has 0 atom stereocenters. The first kappa shape index (κ1) is 14.4. The van der Waals surface area contributed by atoms with Crippen molar-refractivity contribution in [2.24, 2.45) is 0 Å².